The van der Waals surface area contributed by atoms with Crippen LogP contribution in [0, 0.1) is 6.92 Å². The Kier molecular flexibility index (Phi) is 3.04. The van der Waals surface area contributed by atoms with E-state index in [2.05, 4.69) is 15.0 Å². The maximum absolute atomic E-state index is 9.81. The van der Waals surface area contributed by atoms with Gasteiger partial charge >= 0.3 is 0 Å². The van der Waals surface area contributed by atoms with E-state index >= 15 is 0 Å². The summed E-state index contributed by atoms with van der Waals surface area (Å²) in [4.78, 5) is 12.6. The summed E-state index contributed by atoms with van der Waals surface area (Å²) in [5, 5.41) is 9.81. The van der Waals surface area contributed by atoms with E-state index in [0.29, 0.717) is 11.5 Å². The Morgan fingerprint density at radius 2 is 1.94 bits per heavy atom. The monoisotopic (exact) mass is 229 g/mol. The van der Waals surface area contributed by atoms with Gasteiger partial charge in [0.2, 0.25) is 5.88 Å². The zero-order valence-corrected chi connectivity index (χ0v) is 10.2. The largest absolute Gasteiger partial charge is 0.493 e. The molecule has 0 saturated carbocycles. The molecular formula is C13H15N3O. The van der Waals surface area contributed by atoms with Gasteiger partial charge in [0.15, 0.2) is 5.82 Å². The lowest BCUT2D eigenvalue weighted by atomic mass is 10.1. The first-order valence-electron chi connectivity index (χ1n) is 5.58. The number of nitrogens with zero attached hydrogens (tertiary/aromatic N) is 3. The van der Waals surface area contributed by atoms with Gasteiger partial charge in [0.1, 0.15) is 5.69 Å². The van der Waals surface area contributed by atoms with Crippen molar-refractivity contribution in [3.63, 3.8) is 0 Å². The third-order valence-electron chi connectivity index (χ3n) is 2.54. The zero-order chi connectivity index (χ0) is 12.4. The van der Waals surface area contributed by atoms with E-state index in [1.54, 1.807) is 6.20 Å². The molecule has 2 aromatic heterocycles. The minimum atomic E-state index is 0.0355. The fourth-order valence-electron chi connectivity index (χ4n) is 1.58. The van der Waals surface area contributed by atoms with Crippen LogP contribution in [0.1, 0.15) is 31.0 Å². The highest BCUT2D eigenvalue weighted by atomic mass is 16.3. The van der Waals surface area contributed by atoms with E-state index in [4.69, 9.17) is 0 Å². The Hall–Kier alpha value is -1.97. The van der Waals surface area contributed by atoms with Crippen molar-refractivity contribution in [3.05, 3.63) is 35.7 Å². The molecule has 0 aliphatic heterocycles. The molecule has 0 radical (unpaired) electrons. The van der Waals surface area contributed by atoms with Gasteiger partial charge in [0, 0.05) is 17.5 Å². The Morgan fingerprint density at radius 3 is 2.53 bits per heavy atom. The van der Waals surface area contributed by atoms with Gasteiger partial charge in [-0.15, -0.1) is 0 Å². The third kappa shape index (κ3) is 2.41. The molecule has 0 aromatic carbocycles. The third-order valence-corrected chi connectivity index (χ3v) is 2.54. The van der Waals surface area contributed by atoms with Crippen LogP contribution in [0.15, 0.2) is 24.4 Å². The van der Waals surface area contributed by atoms with Crippen LogP contribution in [0.2, 0.25) is 0 Å². The second-order valence-electron chi connectivity index (χ2n) is 4.29. The van der Waals surface area contributed by atoms with Crippen LogP contribution in [-0.4, -0.2) is 20.1 Å². The molecule has 1 N–H and O–H groups in total. The zero-order valence-electron chi connectivity index (χ0n) is 10.2. The van der Waals surface area contributed by atoms with Crippen LogP contribution in [0.4, 0.5) is 0 Å². The molecule has 0 atom stereocenters. The lowest BCUT2D eigenvalue weighted by molar-refractivity contribution is 0.441. The van der Waals surface area contributed by atoms with Crippen molar-refractivity contribution in [2.45, 2.75) is 26.7 Å². The second-order valence-corrected chi connectivity index (χ2v) is 4.29. The molecule has 2 aromatic rings. The minimum Gasteiger partial charge on any atom is -0.493 e. The molecule has 0 aliphatic rings. The fourth-order valence-corrected chi connectivity index (χ4v) is 1.58. The summed E-state index contributed by atoms with van der Waals surface area (Å²) in [6.45, 7) is 5.89. The average molecular weight is 229 g/mol. The van der Waals surface area contributed by atoms with Gasteiger partial charge < -0.3 is 5.11 Å². The first-order valence-corrected chi connectivity index (χ1v) is 5.58. The standard InChI is InChI=1S/C13H15N3O/c1-8(2)10-7-14-12(16-13(10)17)11-6-4-5-9(3)15-11/h4-8H,1-3H3,(H,14,16,17). The normalized spacial score (nSPS) is 10.8. The molecular weight excluding hydrogens is 214 g/mol. The van der Waals surface area contributed by atoms with E-state index < -0.39 is 0 Å². The van der Waals surface area contributed by atoms with Crippen LogP contribution in [-0.2, 0) is 0 Å². The smallest absolute Gasteiger partial charge is 0.218 e. The van der Waals surface area contributed by atoms with Crippen molar-refractivity contribution in [2.75, 3.05) is 0 Å². The molecule has 0 spiro atoms. The van der Waals surface area contributed by atoms with Crippen molar-refractivity contribution >= 4 is 0 Å². The van der Waals surface area contributed by atoms with Crippen molar-refractivity contribution in [2.24, 2.45) is 0 Å². The van der Waals surface area contributed by atoms with Crippen LogP contribution in [0.5, 0.6) is 5.88 Å². The molecule has 0 saturated heterocycles. The summed E-state index contributed by atoms with van der Waals surface area (Å²) in [5.74, 6) is 0.693. The van der Waals surface area contributed by atoms with Gasteiger partial charge in [-0.25, -0.2) is 9.97 Å². The van der Waals surface area contributed by atoms with Crippen molar-refractivity contribution in [3.8, 4) is 17.4 Å². The highest BCUT2D eigenvalue weighted by Gasteiger charge is 2.11. The van der Waals surface area contributed by atoms with Gasteiger partial charge in [-0.05, 0) is 25.0 Å². The lowest BCUT2D eigenvalue weighted by Gasteiger charge is -2.07. The Balaban J connectivity index is 2.44. The maximum Gasteiger partial charge on any atom is 0.218 e. The minimum absolute atomic E-state index is 0.0355. The molecule has 0 unspecified atom stereocenters. The van der Waals surface area contributed by atoms with E-state index in [1.807, 2.05) is 39.0 Å². The molecule has 0 fully saturated rings. The molecule has 2 rings (SSSR count). The average Bonchev–Trinajstić information content (AvgIpc) is 2.28. The summed E-state index contributed by atoms with van der Waals surface area (Å²) in [5.41, 5.74) is 2.33. The van der Waals surface area contributed by atoms with E-state index in [9.17, 15) is 5.11 Å². The SMILES string of the molecule is Cc1cccc(-c2ncc(C(C)C)c(O)n2)n1. The molecule has 17 heavy (non-hydrogen) atoms. The summed E-state index contributed by atoms with van der Waals surface area (Å²) in [6.07, 6.45) is 1.66. The molecule has 0 aliphatic carbocycles. The quantitative estimate of drug-likeness (QED) is 0.860. The summed E-state index contributed by atoms with van der Waals surface area (Å²) >= 11 is 0. The van der Waals surface area contributed by atoms with E-state index in [-0.39, 0.29) is 11.8 Å². The Morgan fingerprint density at radius 1 is 1.18 bits per heavy atom. The second kappa shape index (κ2) is 4.49. The number of aromatic nitrogens is 3. The number of aryl methyl sites for hydroxylation is 1. The number of aromatic hydroxyl groups is 1. The number of hydrogen-bond donors (Lipinski definition) is 1. The summed E-state index contributed by atoms with van der Waals surface area (Å²) in [6, 6.07) is 5.64. The number of rotatable bonds is 2. The molecule has 4 heteroatoms. The molecule has 0 bridgehead atoms. The van der Waals surface area contributed by atoms with Gasteiger partial charge in [0.25, 0.3) is 0 Å². The Labute approximate surface area is 100 Å². The number of pyridine rings is 1. The van der Waals surface area contributed by atoms with Crippen LogP contribution in [0.3, 0.4) is 0 Å². The highest BCUT2D eigenvalue weighted by Crippen LogP contribution is 2.24. The van der Waals surface area contributed by atoms with Crippen LogP contribution < -0.4 is 0 Å². The Bertz CT molecular complexity index is 538. The summed E-state index contributed by atoms with van der Waals surface area (Å²) < 4.78 is 0. The maximum atomic E-state index is 9.81. The van der Waals surface area contributed by atoms with Crippen LogP contribution in [0.25, 0.3) is 11.5 Å². The molecule has 4 nitrogen and oxygen atoms in total. The van der Waals surface area contributed by atoms with Crippen LogP contribution >= 0.6 is 0 Å². The van der Waals surface area contributed by atoms with E-state index in [1.165, 1.54) is 0 Å². The first-order chi connectivity index (χ1) is 8.08. The highest BCUT2D eigenvalue weighted by molar-refractivity contribution is 5.50. The van der Waals surface area contributed by atoms with Crippen molar-refractivity contribution in [1.82, 2.24) is 15.0 Å². The summed E-state index contributed by atoms with van der Waals surface area (Å²) in [7, 11) is 0. The molecule has 2 heterocycles. The van der Waals surface area contributed by atoms with Crippen molar-refractivity contribution < 1.29 is 5.11 Å². The van der Waals surface area contributed by atoms with Crippen molar-refractivity contribution in [1.29, 1.82) is 0 Å². The molecule has 0 amide bonds. The predicted octanol–water partition coefficient (Wildman–Crippen LogP) is 2.68. The number of hydrogen-bond acceptors (Lipinski definition) is 4. The van der Waals surface area contributed by atoms with Gasteiger partial charge in [0.05, 0.1) is 0 Å². The van der Waals surface area contributed by atoms with E-state index in [0.717, 1.165) is 11.3 Å². The van der Waals surface area contributed by atoms with Gasteiger partial charge in [-0.2, -0.15) is 4.98 Å². The van der Waals surface area contributed by atoms with Gasteiger partial charge in [-0.1, -0.05) is 19.9 Å². The topological polar surface area (TPSA) is 58.9 Å². The first kappa shape index (κ1) is 11.5. The lowest BCUT2D eigenvalue weighted by Crippen LogP contribution is -1.97. The van der Waals surface area contributed by atoms with Gasteiger partial charge in [-0.3, -0.25) is 0 Å². The fraction of sp³-hybridized carbons (Fsp3) is 0.308. The molecule has 88 valence electrons. The predicted molar refractivity (Wildman–Crippen MR) is 65.8 cm³/mol.